The Hall–Kier alpha value is -0.570. The molecule has 0 aromatic rings. The van der Waals surface area contributed by atoms with Crippen molar-refractivity contribution in [3.05, 3.63) is 0 Å². The summed E-state index contributed by atoms with van der Waals surface area (Å²) in [7, 11) is 0. The highest BCUT2D eigenvalue weighted by Crippen LogP contribution is 2.11. The fraction of sp³-hybridized carbons (Fsp3) is 0.917. The number of amides is 1. The minimum atomic E-state index is -0.281. The van der Waals surface area contributed by atoms with E-state index in [1.165, 1.54) is 6.42 Å². The maximum absolute atomic E-state index is 11.5. The molecule has 0 aromatic heterocycles. The number of hydrogen-bond donors (Lipinski definition) is 2. The zero-order valence-corrected chi connectivity index (χ0v) is 10.8. The summed E-state index contributed by atoms with van der Waals surface area (Å²) in [5.41, 5.74) is -0.281. The van der Waals surface area contributed by atoms with Crippen LogP contribution in [-0.2, 0) is 4.79 Å². The summed E-state index contributed by atoms with van der Waals surface area (Å²) in [6.45, 7) is 12.8. The van der Waals surface area contributed by atoms with Crippen LogP contribution in [0.3, 0.4) is 0 Å². The zero-order valence-electron chi connectivity index (χ0n) is 10.8. The van der Waals surface area contributed by atoms with Gasteiger partial charge in [-0.15, -0.1) is 0 Å². The first-order valence-electron chi connectivity index (χ1n) is 5.87. The Balaban J connectivity index is 3.44. The molecule has 0 aliphatic rings. The fourth-order valence-electron chi connectivity index (χ4n) is 1.02. The lowest BCUT2D eigenvalue weighted by atomic mass is 9.96. The van der Waals surface area contributed by atoms with E-state index in [-0.39, 0.29) is 11.3 Å². The van der Waals surface area contributed by atoms with E-state index >= 15 is 0 Å². The van der Waals surface area contributed by atoms with Crippen molar-refractivity contribution in [2.75, 3.05) is 19.6 Å². The summed E-state index contributed by atoms with van der Waals surface area (Å²) < 4.78 is 0. The first kappa shape index (κ1) is 14.4. The van der Waals surface area contributed by atoms with E-state index in [0.29, 0.717) is 12.5 Å². The monoisotopic (exact) mass is 214 g/mol. The molecule has 0 rings (SSSR count). The van der Waals surface area contributed by atoms with Crippen LogP contribution < -0.4 is 10.6 Å². The lowest BCUT2D eigenvalue weighted by Gasteiger charge is -2.18. The predicted molar refractivity (Wildman–Crippen MR) is 64.8 cm³/mol. The van der Waals surface area contributed by atoms with Gasteiger partial charge in [0.1, 0.15) is 0 Å². The highest BCUT2D eigenvalue weighted by atomic mass is 16.2. The topological polar surface area (TPSA) is 41.1 Å². The molecule has 90 valence electrons. The van der Waals surface area contributed by atoms with Crippen LogP contribution in [0.15, 0.2) is 0 Å². The molecule has 1 atom stereocenters. The van der Waals surface area contributed by atoms with Crippen molar-refractivity contribution in [1.82, 2.24) is 10.6 Å². The highest BCUT2D eigenvalue weighted by molar-refractivity contribution is 5.81. The van der Waals surface area contributed by atoms with Gasteiger partial charge >= 0.3 is 0 Å². The van der Waals surface area contributed by atoms with Crippen LogP contribution in [0.1, 0.15) is 41.0 Å². The number of carbonyl (C=O) groups is 1. The summed E-state index contributed by atoms with van der Waals surface area (Å²) in [5, 5.41) is 6.24. The quantitative estimate of drug-likeness (QED) is 0.662. The predicted octanol–water partition coefficient (Wildman–Crippen LogP) is 1.78. The van der Waals surface area contributed by atoms with E-state index in [2.05, 4.69) is 24.5 Å². The van der Waals surface area contributed by atoms with Gasteiger partial charge in [0, 0.05) is 18.5 Å². The van der Waals surface area contributed by atoms with Crippen LogP contribution in [0.4, 0.5) is 0 Å². The van der Waals surface area contributed by atoms with Gasteiger partial charge in [-0.25, -0.2) is 0 Å². The van der Waals surface area contributed by atoms with Crippen molar-refractivity contribution in [2.24, 2.45) is 11.3 Å². The molecule has 0 saturated heterocycles. The molecule has 0 bridgehead atoms. The maximum atomic E-state index is 11.5. The van der Waals surface area contributed by atoms with Gasteiger partial charge in [0.15, 0.2) is 0 Å². The molecule has 0 fully saturated rings. The lowest BCUT2D eigenvalue weighted by Crippen LogP contribution is -2.39. The first-order chi connectivity index (χ1) is 6.88. The number of nitrogens with one attached hydrogen (secondary N) is 2. The van der Waals surface area contributed by atoms with E-state index < -0.39 is 0 Å². The van der Waals surface area contributed by atoms with E-state index in [0.717, 1.165) is 13.1 Å². The number of carbonyl (C=O) groups excluding carboxylic acids is 1. The van der Waals surface area contributed by atoms with Crippen LogP contribution >= 0.6 is 0 Å². The Morgan fingerprint density at radius 2 is 1.87 bits per heavy atom. The SMILES string of the molecule is CCC(C)CNCCNC(=O)C(C)(C)C. The third-order valence-corrected chi connectivity index (χ3v) is 2.46. The van der Waals surface area contributed by atoms with Gasteiger partial charge in [0.2, 0.25) is 5.91 Å². The maximum Gasteiger partial charge on any atom is 0.225 e. The Morgan fingerprint density at radius 1 is 1.27 bits per heavy atom. The Kier molecular flexibility index (Phi) is 6.57. The van der Waals surface area contributed by atoms with Crippen LogP contribution in [0.25, 0.3) is 0 Å². The summed E-state index contributed by atoms with van der Waals surface area (Å²) in [6.07, 6.45) is 1.20. The average molecular weight is 214 g/mol. The van der Waals surface area contributed by atoms with E-state index in [4.69, 9.17) is 0 Å². The van der Waals surface area contributed by atoms with Crippen LogP contribution in [-0.4, -0.2) is 25.5 Å². The van der Waals surface area contributed by atoms with E-state index in [9.17, 15) is 4.79 Å². The van der Waals surface area contributed by atoms with Crippen molar-refractivity contribution in [3.63, 3.8) is 0 Å². The molecule has 3 heteroatoms. The fourth-order valence-corrected chi connectivity index (χ4v) is 1.02. The van der Waals surface area contributed by atoms with Crippen molar-refractivity contribution in [1.29, 1.82) is 0 Å². The van der Waals surface area contributed by atoms with E-state index in [1.54, 1.807) is 0 Å². The molecule has 1 amide bonds. The molecule has 0 radical (unpaired) electrons. The second-order valence-corrected chi connectivity index (χ2v) is 5.22. The molecule has 0 aromatic carbocycles. The molecular formula is C12H26N2O. The second kappa shape index (κ2) is 6.83. The largest absolute Gasteiger partial charge is 0.354 e. The molecule has 0 aliphatic carbocycles. The standard InChI is InChI=1S/C12H26N2O/c1-6-10(2)9-13-7-8-14-11(15)12(3,4)5/h10,13H,6-9H2,1-5H3,(H,14,15). The molecule has 0 heterocycles. The molecule has 0 spiro atoms. The Bertz CT molecular complexity index is 185. The smallest absolute Gasteiger partial charge is 0.225 e. The van der Waals surface area contributed by atoms with Gasteiger partial charge in [-0.3, -0.25) is 4.79 Å². The third kappa shape index (κ3) is 7.37. The van der Waals surface area contributed by atoms with Gasteiger partial charge in [-0.2, -0.15) is 0 Å². The van der Waals surface area contributed by atoms with Gasteiger partial charge in [0.25, 0.3) is 0 Å². The van der Waals surface area contributed by atoms with Gasteiger partial charge in [-0.05, 0) is 12.5 Å². The first-order valence-corrected chi connectivity index (χ1v) is 5.87. The molecule has 3 nitrogen and oxygen atoms in total. The van der Waals surface area contributed by atoms with Gasteiger partial charge in [0.05, 0.1) is 0 Å². The molecule has 2 N–H and O–H groups in total. The minimum Gasteiger partial charge on any atom is -0.354 e. The molecule has 1 unspecified atom stereocenters. The number of hydrogen-bond acceptors (Lipinski definition) is 2. The summed E-state index contributed by atoms with van der Waals surface area (Å²) >= 11 is 0. The normalized spacial score (nSPS) is 13.7. The van der Waals surface area contributed by atoms with Crippen LogP contribution in [0.2, 0.25) is 0 Å². The van der Waals surface area contributed by atoms with Crippen molar-refractivity contribution in [3.8, 4) is 0 Å². The molecule has 0 aliphatic heterocycles. The van der Waals surface area contributed by atoms with Crippen LogP contribution in [0.5, 0.6) is 0 Å². The lowest BCUT2D eigenvalue weighted by molar-refractivity contribution is -0.128. The average Bonchev–Trinajstić information content (AvgIpc) is 2.15. The summed E-state index contributed by atoms with van der Waals surface area (Å²) in [4.78, 5) is 11.5. The van der Waals surface area contributed by atoms with Crippen molar-refractivity contribution >= 4 is 5.91 Å². The van der Waals surface area contributed by atoms with E-state index in [1.807, 2.05) is 20.8 Å². The highest BCUT2D eigenvalue weighted by Gasteiger charge is 2.19. The van der Waals surface area contributed by atoms with Crippen molar-refractivity contribution in [2.45, 2.75) is 41.0 Å². The Morgan fingerprint density at radius 3 is 2.33 bits per heavy atom. The van der Waals surface area contributed by atoms with Gasteiger partial charge < -0.3 is 10.6 Å². The minimum absolute atomic E-state index is 0.118. The van der Waals surface area contributed by atoms with Crippen molar-refractivity contribution < 1.29 is 4.79 Å². The third-order valence-electron chi connectivity index (χ3n) is 2.46. The Labute approximate surface area is 94.0 Å². The molecular weight excluding hydrogens is 188 g/mol. The van der Waals surface area contributed by atoms with Gasteiger partial charge in [-0.1, -0.05) is 41.0 Å². The number of rotatable bonds is 6. The zero-order chi connectivity index (χ0) is 11.9. The summed E-state index contributed by atoms with van der Waals surface area (Å²) in [6, 6.07) is 0. The second-order valence-electron chi connectivity index (χ2n) is 5.22. The van der Waals surface area contributed by atoms with Crippen LogP contribution in [0, 0.1) is 11.3 Å². The molecule has 15 heavy (non-hydrogen) atoms. The molecule has 0 saturated carbocycles. The summed E-state index contributed by atoms with van der Waals surface area (Å²) in [5.74, 6) is 0.830.